The largest absolute Gasteiger partial charge is 0.355 e. The second-order valence-corrected chi connectivity index (χ2v) is 6.28. The van der Waals surface area contributed by atoms with Crippen LogP contribution in [0.4, 0.5) is 0 Å². The Labute approximate surface area is 135 Å². The van der Waals surface area contributed by atoms with E-state index in [1.165, 1.54) is 0 Å². The smallest absolute Gasteiger partial charge is 0.225 e. The van der Waals surface area contributed by atoms with Crippen molar-refractivity contribution in [2.24, 2.45) is 5.92 Å². The zero-order chi connectivity index (χ0) is 16.4. The van der Waals surface area contributed by atoms with Crippen molar-refractivity contribution in [3.63, 3.8) is 0 Å². The van der Waals surface area contributed by atoms with Crippen molar-refractivity contribution >= 4 is 17.5 Å². The summed E-state index contributed by atoms with van der Waals surface area (Å²) in [6.07, 6.45) is 4.93. The van der Waals surface area contributed by atoms with Gasteiger partial charge in [0.2, 0.25) is 11.8 Å². The molecule has 122 valence electrons. The average molecular weight is 314 g/mol. The van der Waals surface area contributed by atoms with Gasteiger partial charge in [-0.3, -0.25) is 9.59 Å². The fourth-order valence-electron chi connectivity index (χ4n) is 2.97. The molecule has 1 aliphatic heterocycles. The molecule has 6 nitrogen and oxygen atoms in total. The van der Waals surface area contributed by atoms with Gasteiger partial charge in [-0.05, 0) is 26.0 Å². The normalized spacial score (nSPS) is 18.1. The average Bonchev–Trinajstić information content (AvgIpc) is 3.10. The lowest BCUT2D eigenvalue weighted by Gasteiger charge is -2.20. The fraction of sp³-hybridized carbons (Fsp3) is 0.471. The number of nitrogens with zero attached hydrogens (tertiary/aromatic N) is 3. The predicted molar refractivity (Wildman–Crippen MR) is 86.9 cm³/mol. The van der Waals surface area contributed by atoms with E-state index < -0.39 is 0 Å². The van der Waals surface area contributed by atoms with Crippen molar-refractivity contribution in [1.29, 1.82) is 0 Å². The minimum absolute atomic E-state index is 0.0368. The maximum atomic E-state index is 12.2. The summed E-state index contributed by atoms with van der Waals surface area (Å²) in [5.41, 5.74) is 1.85. The number of hydrogen-bond donors (Lipinski definition) is 1. The van der Waals surface area contributed by atoms with Crippen LogP contribution in [0.3, 0.4) is 0 Å². The Morgan fingerprint density at radius 1 is 1.43 bits per heavy atom. The molecule has 23 heavy (non-hydrogen) atoms. The van der Waals surface area contributed by atoms with Crippen molar-refractivity contribution in [3.8, 4) is 0 Å². The van der Waals surface area contributed by atoms with E-state index in [0.717, 1.165) is 11.3 Å². The van der Waals surface area contributed by atoms with Gasteiger partial charge in [-0.15, -0.1) is 0 Å². The fourth-order valence-corrected chi connectivity index (χ4v) is 2.97. The van der Waals surface area contributed by atoms with Crippen molar-refractivity contribution in [1.82, 2.24) is 19.6 Å². The predicted octanol–water partition coefficient (Wildman–Crippen LogP) is 1.25. The van der Waals surface area contributed by atoms with Crippen molar-refractivity contribution in [2.45, 2.75) is 32.7 Å². The Morgan fingerprint density at radius 2 is 2.26 bits per heavy atom. The summed E-state index contributed by atoms with van der Waals surface area (Å²) in [4.78, 5) is 30.3. The summed E-state index contributed by atoms with van der Waals surface area (Å²) in [5.74, 6) is -0.197. The molecule has 0 bridgehead atoms. The second-order valence-electron chi connectivity index (χ2n) is 6.28. The first-order chi connectivity index (χ1) is 11.0. The highest BCUT2D eigenvalue weighted by Gasteiger charge is 2.35. The number of likely N-dealkylation sites (tertiary alicyclic amines) is 1. The Balaban J connectivity index is 1.50. The number of hydrogen-bond acceptors (Lipinski definition) is 3. The second kappa shape index (κ2) is 6.40. The molecule has 2 aromatic heterocycles. The van der Waals surface area contributed by atoms with Gasteiger partial charge in [0.25, 0.3) is 0 Å². The number of nitrogens with one attached hydrogen (secondary N) is 1. The Morgan fingerprint density at radius 3 is 2.96 bits per heavy atom. The molecule has 2 amide bonds. The lowest BCUT2D eigenvalue weighted by molar-refractivity contribution is -0.129. The molecule has 1 N–H and O–H groups in total. The van der Waals surface area contributed by atoms with Gasteiger partial charge in [-0.1, -0.05) is 6.07 Å². The maximum Gasteiger partial charge on any atom is 0.225 e. The molecular formula is C17H22N4O2. The van der Waals surface area contributed by atoms with Gasteiger partial charge in [-0.2, -0.15) is 0 Å². The van der Waals surface area contributed by atoms with E-state index >= 15 is 0 Å². The first-order valence-electron chi connectivity index (χ1n) is 8.04. The van der Waals surface area contributed by atoms with Crippen LogP contribution >= 0.6 is 0 Å². The maximum absolute atomic E-state index is 12.2. The molecule has 2 aromatic rings. The number of rotatable bonds is 5. The van der Waals surface area contributed by atoms with E-state index in [2.05, 4.69) is 10.3 Å². The molecule has 0 aliphatic carbocycles. The van der Waals surface area contributed by atoms with E-state index in [0.29, 0.717) is 25.9 Å². The molecule has 0 radical (unpaired) electrons. The minimum atomic E-state index is -0.231. The van der Waals surface area contributed by atoms with Gasteiger partial charge in [0.1, 0.15) is 5.65 Å². The van der Waals surface area contributed by atoms with Gasteiger partial charge in [0.15, 0.2) is 0 Å². The minimum Gasteiger partial charge on any atom is -0.355 e. The Hall–Kier alpha value is -2.37. The highest BCUT2D eigenvalue weighted by molar-refractivity contribution is 5.89. The molecule has 0 saturated carbocycles. The molecule has 1 aliphatic rings. The Bertz CT molecular complexity index is 689. The molecule has 3 heterocycles. The van der Waals surface area contributed by atoms with Gasteiger partial charge in [0.05, 0.1) is 11.6 Å². The number of carbonyl (C=O) groups excluding carboxylic acids is 2. The summed E-state index contributed by atoms with van der Waals surface area (Å²) < 4.78 is 1.97. The Kier molecular flexibility index (Phi) is 4.32. The zero-order valence-corrected chi connectivity index (χ0v) is 13.5. The molecule has 1 saturated heterocycles. The third-order valence-corrected chi connectivity index (χ3v) is 4.25. The quantitative estimate of drug-likeness (QED) is 0.903. The number of pyridine rings is 1. The number of amides is 2. The summed E-state index contributed by atoms with van der Waals surface area (Å²) in [6, 6.07) is 6.01. The van der Waals surface area contributed by atoms with Gasteiger partial charge < -0.3 is 14.6 Å². The number of imidazole rings is 1. The van der Waals surface area contributed by atoms with Crippen LogP contribution in [-0.4, -0.2) is 45.2 Å². The van der Waals surface area contributed by atoms with E-state index in [9.17, 15) is 9.59 Å². The van der Waals surface area contributed by atoms with Crippen LogP contribution in [0.5, 0.6) is 0 Å². The standard InChI is InChI=1S/C17H22N4O2/c1-12(2)21-10-13(9-16(21)22)17(23)18-7-6-14-11-20-8-4-3-5-15(20)19-14/h3-5,8,11-13H,6-7,9-10H2,1-2H3,(H,18,23)/t13-/m1/s1. The molecule has 1 atom stereocenters. The van der Waals surface area contributed by atoms with E-state index in [1.807, 2.05) is 48.8 Å². The van der Waals surface area contributed by atoms with E-state index in [-0.39, 0.29) is 23.8 Å². The van der Waals surface area contributed by atoms with Crippen LogP contribution in [0.2, 0.25) is 0 Å². The topological polar surface area (TPSA) is 66.7 Å². The molecule has 0 unspecified atom stereocenters. The van der Waals surface area contributed by atoms with Crippen LogP contribution in [0.15, 0.2) is 30.6 Å². The molecule has 1 fully saturated rings. The summed E-state index contributed by atoms with van der Waals surface area (Å²) in [5, 5.41) is 2.93. The van der Waals surface area contributed by atoms with Gasteiger partial charge >= 0.3 is 0 Å². The number of aromatic nitrogens is 2. The van der Waals surface area contributed by atoms with Crippen LogP contribution < -0.4 is 5.32 Å². The molecule has 3 rings (SSSR count). The van der Waals surface area contributed by atoms with Crippen molar-refractivity contribution in [3.05, 3.63) is 36.3 Å². The monoisotopic (exact) mass is 314 g/mol. The highest BCUT2D eigenvalue weighted by atomic mass is 16.2. The SMILES string of the molecule is CC(C)N1C[C@H](C(=O)NCCc2cn3ccccc3n2)CC1=O. The van der Waals surface area contributed by atoms with Crippen LogP contribution in [0.1, 0.15) is 26.0 Å². The number of carbonyl (C=O) groups is 2. The van der Waals surface area contributed by atoms with Gasteiger partial charge in [0, 0.05) is 44.4 Å². The molecule has 0 aromatic carbocycles. The molecule has 0 spiro atoms. The number of fused-ring (bicyclic) bond motifs is 1. The highest BCUT2D eigenvalue weighted by Crippen LogP contribution is 2.20. The van der Waals surface area contributed by atoms with Crippen molar-refractivity contribution < 1.29 is 9.59 Å². The van der Waals surface area contributed by atoms with Gasteiger partial charge in [-0.25, -0.2) is 4.98 Å². The van der Waals surface area contributed by atoms with Crippen LogP contribution in [0.25, 0.3) is 5.65 Å². The van der Waals surface area contributed by atoms with Crippen LogP contribution in [-0.2, 0) is 16.0 Å². The first-order valence-corrected chi connectivity index (χ1v) is 8.04. The summed E-state index contributed by atoms with van der Waals surface area (Å²) >= 11 is 0. The van der Waals surface area contributed by atoms with E-state index in [1.54, 1.807) is 4.90 Å². The molecular weight excluding hydrogens is 292 g/mol. The van der Waals surface area contributed by atoms with Crippen molar-refractivity contribution in [2.75, 3.05) is 13.1 Å². The lowest BCUT2D eigenvalue weighted by Crippen LogP contribution is -2.36. The summed E-state index contributed by atoms with van der Waals surface area (Å²) in [6.45, 7) is 5.01. The summed E-state index contributed by atoms with van der Waals surface area (Å²) in [7, 11) is 0. The van der Waals surface area contributed by atoms with Crippen LogP contribution in [0, 0.1) is 5.92 Å². The van der Waals surface area contributed by atoms with E-state index in [4.69, 9.17) is 0 Å². The third kappa shape index (κ3) is 3.36. The lowest BCUT2D eigenvalue weighted by atomic mass is 10.1. The third-order valence-electron chi connectivity index (χ3n) is 4.25. The first kappa shape index (κ1) is 15.5. The zero-order valence-electron chi connectivity index (χ0n) is 13.5. The molecule has 6 heteroatoms.